The Morgan fingerprint density at radius 2 is 2.21 bits per heavy atom. The molecule has 1 aromatic heterocycles. The second-order valence-corrected chi connectivity index (χ2v) is 4.30. The molecular weight excluding hydrogens is 242 g/mol. The topological polar surface area (TPSA) is 78.8 Å². The molecule has 6 nitrogen and oxygen atoms in total. The first kappa shape index (κ1) is 13.5. The van der Waals surface area contributed by atoms with E-state index in [0.29, 0.717) is 6.61 Å². The van der Waals surface area contributed by atoms with Gasteiger partial charge < -0.3 is 10.5 Å². The molecule has 19 heavy (non-hydrogen) atoms. The zero-order valence-corrected chi connectivity index (χ0v) is 11.3. The summed E-state index contributed by atoms with van der Waals surface area (Å²) in [7, 11) is 0. The number of nitrogen functional groups attached to an aromatic ring is 1. The first-order valence-corrected chi connectivity index (χ1v) is 6.43. The van der Waals surface area contributed by atoms with Crippen molar-refractivity contribution in [2.45, 2.75) is 26.8 Å². The lowest BCUT2D eigenvalue weighted by atomic mass is 10.1. The van der Waals surface area contributed by atoms with Crippen molar-refractivity contribution < 1.29 is 4.74 Å². The number of hydrogen-bond acceptors (Lipinski definition) is 5. The van der Waals surface area contributed by atoms with E-state index in [9.17, 15) is 0 Å². The van der Waals surface area contributed by atoms with Gasteiger partial charge in [-0.05, 0) is 42.3 Å². The molecule has 0 aliphatic carbocycles. The summed E-state index contributed by atoms with van der Waals surface area (Å²) < 4.78 is 7.11. The van der Waals surface area contributed by atoms with Crippen molar-refractivity contribution in [1.29, 1.82) is 0 Å². The molecule has 0 aliphatic heterocycles. The predicted molar refractivity (Wildman–Crippen MR) is 73.5 cm³/mol. The van der Waals surface area contributed by atoms with Crippen molar-refractivity contribution in [1.82, 2.24) is 20.2 Å². The predicted octanol–water partition coefficient (Wildman–Crippen LogP) is 1.66. The van der Waals surface area contributed by atoms with Gasteiger partial charge in [0.1, 0.15) is 0 Å². The number of aryl methyl sites for hydroxylation is 1. The highest BCUT2D eigenvalue weighted by Gasteiger charge is 2.12. The SMILES string of the molecule is CCOCCCn1nnnc1-c1cccc(N)c1C. The van der Waals surface area contributed by atoms with Gasteiger partial charge in [0, 0.05) is 31.0 Å². The minimum absolute atomic E-state index is 0.714. The molecule has 102 valence electrons. The van der Waals surface area contributed by atoms with Crippen LogP contribution >= 0.6 is 0 Å². The Labute approximate surface area is 112 Å². The van der Waals surface area contributed by atoms with Crippen LogP contribution in [0.5, 0.6) is 0 Å². The van der Waals surface area contributed by atoms with Crippen molar-refractivity contribution in [2.75, 3.05) is 18.9 Å². The lowest BCUT2D eigenvalue weighted by Gasteiger charge is -2.08. The van der Waals surface area contributed by atoms with Crippen molar-refractivity contribution >= 4 is 5.69 Å². The van der Waals surface area contributed by atoms with Crippen LogP contribution in [0, 0.1) is 6.92 Å². The Balaban J connectivity index is 2.17. The zero-order chi connectivity index (χ0) is 13.7. The molecule has 0 saturated heterocycles. The number of nitrogens with zero attached hydrogens (tertiary/aromatic N) is 4. The van der Waals surface area contributed by atoms with Crippen molar-refractivity contribution in [3.05, 3.63) is 23.8 Å². The van der Waals surface area contributed by atoms with Crippen LogP contribution in [-0.4, -0.2) is 33.4 Å². The molecule has 1 heterocycles. The fourth-order valence-electron chi connectivity index (χ4n) is 1.90. The van der Waals surface area contributed by atoms with Crippen LogP contribution in [0.15, 0.2) is 18.2 Å². The monoisotopic (exact) mass is 261 g/mol. The number of ether oxygens (including phenoxy) is 1. The van der Waals surface area contributed by atoms with E-state index in [0.717, 1.165) is 42.2 Å². The lowest BCUT2D eigenvalue weighted by molar-refractivity contribution is 0.140. The smallest absolute Gasteiger partial charge is 0.182 e. The molecule has 0 fully saturated rings. The van der Waals surface area contributed by atoms with Gasteiger partial charge in [0.25, 0.3) is 0 Å². The Kier molecular flexibility index (Phi) is 4.46. The normalized spacial score (nSPS) is 10.8. The molecule has 0 bridgehead atoms. The molecule has 0 atom stereocenters. The van der Waals surface area contributed by atoms with E-state index < -0.39 is 0 Å². The molecular formula is C13H19N5O. The number of aromatic nitrogens is 4. The second-order valence-electron chi connectivity index (χ2n) is 4.30. The standard InChI is InChI=1S/C13H19N5O/c1-3-19-9-5-8-18-13(15-16-17-18)11-6-4-7-12(14)10(11)2/h4,6-7H,3,5,8-9,14H2,1-2H3. The summed E-state index contributed by atoms with van der Waals surface area (Å²) in [6.45, 7) is 6.14. The van der Waals surface area contributed by atoms with Crippen molar-refractivity contribution in [2.24, 2.45) is 0 Å². The van der Waals surface area contributed by atoms with Gasteiger partial charge in [-0.2, -0.15) is 0 Å². The highest BCUT2D eigenvalue weighted by molar-refractivity contribution is 5.67. The van der Waals surface area contributed by atoms with Crippen LogP contribution in [0.3, 0.4) is 0 Å². The molecule has 0 amide bonds. The number of rotatable bonds is 6. The van der Waals surface area contributed by atoms with Gasteiger partial charge in [-0.25, -0.2) is 4.68 Å². The molecule has 0 unspecified atom stereocenters. The molecule has 0 aliphatic rings. The number of tetrazole rings is 1. The summed E-state index contributed by atoms with van der Waals surface area (Å²) in [5, 5.41) is 11.9. The Hall–Kier alpha value is -1.95. The third-order valence-corrected chi connectivity index (χ3v) is 3.01. The summed E-state index contributed by atoms with van der Waals surface area (Å²) in [6.07, 6.45) is 0.882. The summed E-state index contributed by atoms with van der Waals surface area (Å²) in [5.74, 6) is 0.751. The van der Waals surface area contributed by atoms with Gasteiger partial charge in [0.2, 0.25) is 0 Å². The first-order chi connectivity index (χ1) is 9.24. The van der Waals surface area contributed by atoms with Gasteiger partial charge in [-0.3, -0.25) is 0 Å². The molecule has 2 aromatic rings. The minimum atomic E-state index is 0.714. The van der Waals surface area contributed by atoms with Gasteiger partial charge >= 0.3 is 0 Å². The van der Waals surface area contributed by atoms with Crippen LogP contribution in [0.4, 0.5) is 5.69 Å². The zero-order valence-electron chi connectivity index (χ0n) is 11.3. The van der Waals surface area contributed by atoms with Gasteiger partial charge in [-0.1, -0.05) is 12.1 Å². The number of anilines is 1. The maximum atomic E-state index is 5.92. The minimum Gasteiger partial charge on any atom is -0.398 e. The van der Waals surface area contributed by atoms with E-state index in [2.05, 4.69) is 15.5 Å². The van der Waals surface area contributed by atoms with Gasteiger partial charge in [-0.15, -0.1) is 5.10 Å². The fourth-order valence-corrected chi connectivity index (χ4v) is 1.90. The largest absolute Gasteiger partial charge is 0.398 e. The maximum absolute atomic E-state index is 5.92. The molecule has 0 spiro atoms. The highest BCUT2D eigenvalue weighted by Crippen LogP contribution is 2.24. The van der Waals surface area contributed by atoms with E-state index in [4.69, 9.17) is 10.5 Å². The first-order valence-electron chi connectivity index (χ1n) is 6.43. The number of hydrogen-bond donors (Lipinski definition) is 1. The van der Waals surface area contributed by atoms with E-state index in [1.54, 1.807) is 4.68 Å². The Bertz CT molecular complexity index is 538. The average Bonchev–Trinajstić information content (AvgIpc) is 2.86. The van der Waals surface area contributed by atoms with E-state index in [-0.39, 0.29) is 0 Å². The van der Waals surface area contributed by atoms with Gasteiger partial charge in [0.15, 0.2) is 5.82 Å². The average molecular weight is 261 g/mol. The van der Waals surface area contributed by atoms with Gasteiger partial charge in [0.05, 0.1) is 0 Å². The van der Waals surface area contributed by atoms with Crippen LogP contribution in [0.25, 0.3) is 11.4 Å². The van der Waals surface area contributed by atoms with Crippen LogP contribution in [0.1, 0.15) is 18.9 Å². The molecule has 0 saturated carbocycles. The maximum Gasteiger partial charge on any atom is 0.182 e. The van der Waals surface area contributed by atoms with Crippen LogP contribution < -0.4 is 5.73 Å². The fraction of sp³-hybridized carbons (Fsp3) is 0.462. The van der Waals surface area contributed by atoms with Crippen LogP contribution in [-0.2, 0) is 11.3 Å². The molecule has 2 rings (SSSR count). The highest BCUT2D eigenvalue weighted by atomic mass is 16.5. The summed E-state index contributed by atoms with van der Waals surface area (Å²) in [5.41, 5.74) is 8.65. The molecule has 2 N–H and O–H groups in total. The second kappa shape index (κ2) is 6.29. The van der Waals surface area contributed by atoms with Crippen LogP contribution in [0.2, 0.25) is 0 Å². The quantitative estimate of drug-likeness (QED) is 0.632. The summed E-state index contributed by atoms with van der Waals surface area (Å²) in [6, 6.07) is 5.77. The molecule has 6 heteroatoms. The molecule has 1 aromatic carbocycles. The number of nitrogens with two attached hydrogens (primary N) is 1. The van der Waals surface area contributed by atoms with E-state index in [1.807, 2.05) is 32.0 Å². The van der Waals surface area contributed by atoms with E-state index in [1.165, 1.54) is 0 Å². The summed E-state index contributed by atoms with van der Waals surface area (Å²) in [4.78, 5) is 0. The lowest BCUT2D eigenvalue weighted by Crippen LogP contribution is -2.07. The third-order valence-electron chi connectivity index (χ3n) is 3.01. The Morgan fingerprint density at radius 1 is 1.37 bits per heavy atom. The Morgan fingerprint density at radius 3 is 3.00 bits per heavy atom. The summed E-state index contributed by atoms with van der Waals surface area (Å²) >= 11 is 0. The van der Waals surface area contributed by atoms with Crippen molar-refractivity contribution in [3.63, 3.8) is 0 Å². The third kappa shape index (κ3) is 3.08. The van der Waals surface area contributed by atoms with E-state index >= 15 is 0 Å². The van der Waals surface area contributed by atoms with Crippen molar-refractivity contribution in [3.8, 4) is 11.4 Å². The molecule has 0 radical (unpaired) electrons. The number of benzene rings is 1.